The molecule has 0 saturated heterocycles. The number of carbonyl (C=O) groups is 8. The number of ether oxygens (including phenoxy) is 10. The summed E-state index contributed by atoms with van der Waals surface area (Å²) < 4.78 is 54.6. The largest absolute Gasteiger partial charge is 0.490 e. The van der Waals surface area contributed by atoms with E-state index in [9.17, 15) is 43.6 Å². The van der Waals surface area contributed by atoms with Gasteiger partial charge in [0.15, 0.2) is 18.0 Å². The number of rotatable bonds is 29. The van der Waals surface area contributed by atoms with Gasteiger partial charge in [-0.15, -0.1) is 17.7 Å². The molecule has 23 heteroatoms. The first-order valence-corrected chi connectivity index (χ1v) is 27.1. The number of nitrogens with zero attached hydrogens (tertiary/aromatic N) is 3. The smallest absolute Gasteiger partial charge is 0.330 e. The highest BCUT2D eigenvalue weighted by Crippen LogP contribution is 2.40. The second-order valence-corrected chi connectivity index (χ2v) is 19.4. The van der Waals surface area contributed by atoms with Crippen molar-refractivity contribution in [2.75, 3.05) is 38.5 Å². The van der Waals surface area contributed by atoms with Crippen LogP contribution in [-0.2, 0) is 68.5 Å². The van der Waals surface area contributed by atoms with Gasteiger partial charge in [-0.3, -0.25) is 24.6 Å². The van der Waals surface area contributed by atoms with Gasteiger partial charge < -0.3 is 47.4 Å². The van der Waals surface area contributed by atoms with Crippen molar-refractivity contribution in [3.05, 3.63) is 147 Å². The van der Waals surface area contributed by atoms with E-state index in [4.69, 9.17) is 60.0 Å². The van der Waals surface area contributed by atoms with Crippen LogP contribution >= 0.6 is 12.6 Å². The molecule has 0 heterocycles. The summed E-state index contributed by atoms with van der Waals surface area (Å²) in [5.74, 6) is -5.34. The molecular weight excluding hydrogens is 1110 g/mol. The van der Waals surface area contributed by atoms with E-state index in [0.29, 0.717) is 84.6 Å². The number of anilines is 1. The van der Waals surface area contributed by atoms with E-state index in [1.54, 1.807) is 72.8 Å². The Morgan fingerprint density at radius 3 is 1.38 bits per heavy atom. The number of carbonyl (C=O) groups excluding carboxylic acids is 8. The maximum Gasteiger partial charge on any atom is 0.330 e. The van der Waals surface area contributed by atoms with Crippen LogP contribution in [0.4, 0.5) is 11.4 Å². The van der Waals surface area contributed by atoms with E-state index in [1.807, 2.05) is 6.07 Å². The van der Waals surface area contributed by atoms with Crippen molar-refractivity contribution in [1.29, 1.82) is 5.26 Å². The normalized spacial score (nSPS) is 17.0. The van der Waals surface area contributed by atoms with Crippen LogP contribution in [0.5, 0.6) is 28.7 Å². The van der Waals surface area contributed by atoms with Crippen LogP contribution in [0, 0.1) is 35.0 Å². The predicted octanol–water partition coefficient (Wildman–Crippen LogP) is 9.18. The minimum atomic E-state index is -0.935. The summed E-state index contributed by atoms with van der Waals surface area (Å²) in [5.41, 5.74) is 4.49. The van der Waals surface area contributed by atoms with Crippen LogP contribution in [0.25, 0.3) is 0 Å². The predicted molar refractivity (Wildman–Crippen MR) is 302 cm³/mol. The quantitative estimate of drug-likeness (QED) is 0.00973. The Balaban J connectivity index is 0.973. The average Bonchev–Trinajstić information content (AvgIpc) is 3.56. The maximum absolute atomic E-state index is 13.7. The van der Waals surface area contributed by atoms with Gasteiger partial charge in [0.2, 0.25) is 0 Å². The molecule has 2 unspecified atom stereocenters. The summed E-state index contributed by atoms with van der Waals surface area (Å²) in [5, 5.41) is 17.7. The number of hydrogen-bond acceptors (Lipinski definition) is 22. The zero-order valence-corrected chi connectivity index (χ0v) is 46.6. The van der Waals surface area contributed by atoms with Gasteiger partial charge in [0.1, 0.15) is 55.1 Å². The molecule has 1 N–H and O–H groups in total. The lowest BCUT2D eigenvalue weighted by atomic mass is 9.82. The monoisotopic (exact) mass is 1170 g/mol. The number of nitrogens with one attached hydrogen (secondary N) is 1. The molecule has 84 heavy (non-hydrogen) atoms. The first-order valence-electron chi connectivity index (χ1n) is 26.6. The second-order valence-electron chi connectivity index (χ2n) is 19.0. The van der Waals surface area contributed by atoms with E-state index in [0.717, 1.165) is 24.3 Å². The summed E-state index contributed by atoms with van der Waals surface area (Å²) in [6.45, 7) is 12.5. The molecule has 0 aliphatic heterocycles. The van der Waals surface area contributed by atoms with Crippen molar-refractivity contribution in [3.63, 3.8) is 0 Å². The van der Waals surface area contributed by atoms with Crippen molar-refractivity contribution in [3.8, 4) is 34.8 Å². The Morgan fingerprint density at radius 2 is 0.952 bits per heavy atom. The number of nitriles is 1. The van der Waals surface area contributed by atoms with E-state index in [-0.39, 0.29) is 62.4 Å². The number of thiol groups is 1. The fourth-order valence-electron chi connectivity index (χ4n) is 8.55. The van der Waals surface area contributed by atoms with Crippen molar-refractivity contribution < 1.29 is 85.7 Å². The van der Waals surface area contributed by atoms with Gasteiger partial charge in [0, 0.05) is 35.6 Å². The fraction of sp³-hybridized carbons (Fsp3) is 0.328. The highest BCUT2D eigenvalue weighted by molar-refractivity contribution is 7.80. The molecule has 0 radical (unpaired) electrons. The van der Waals surface area contributed by atoms with Gasteiger partial charge in [-0.25, -0.2) is 19.2 Å². The minimum absolute atomic E-state index is 0.0168. The van der Waals surface area contributed by atoms with Gasteiger partial charge in [-0.05, 0) is 136 Å². The molecule has 0 amide bonds. The van der Waals surface area contributed by atoms with Crippen molar-refractivity contribution in [2.24, 2.45) is 34.0 Å². The highest BCUT2D eigenvalue weighted by atomic mass is 32.1. The molecular formula is C61H62N4O18S. The lowest BCUT2D eigenvalue weighted by molar-refractivity contribution is -0.154. The molecule has 2 saturated carbocycles. The van der Waals surface area contributed by atoms with Crippen LogP contribution in [0.15, 0.2) is 151 Å². The van der Waals surface area contributed by atoms with Crippen LogP contribution in [0.1, 0.15) is 62.5 Å². The number of benzene rings is 4. The Bertz CT molecular complexity index is 3090. The highest BCUT2D eigenvalue weighted by Gasteiger charge is 2.34. The first kappa shape index (κ1) is 63.6. The third kappa shape index (κ3) is 20.2. The zero-order chi connectivity index (χ0) is 60.4. The Labute approximate surface area is 489 Å². The summed E-state index contributed by atoms with van der Waals surface area (Å²) >= 11 is 4.76. The number of hydrogen-bond donors (Lipinski definition) is 2. The van der Waals surface area contributed by atoms with Crippen LogP contribution < -0.4 is 29.1 Å². The molecule has 440 valence electrons. The third-order valence-corrected chi connectivity index (χ3v) is 13.7. The van der Waals surface area contributed by atoms with Crippen molar-refractivity contribution in [1.82, 2.24) is 0 Å². The van der Waals surface area contributed by atoms with Gasteiger partial charge in [0.05, 0.1) is 47.6 Å². The van der Waals surface area contributed by atoms with Gasteiger partial charge in [-0.1, -0.05) is 37.6 Å². The Kier molecular flexibility index (Phi) is 24.8. The molecule has 2 fully saturated rings. The summed E-state index contributed by atoms with van der Waals surface area (Å²) in [7, 11) is 0. The summed E-state index contributed by atoms with van der Waals surface area (Å²) in [6, 6.07) is 24.1. The average molecular weight is 1170 g/mol. The Hall–Kier alpha value is -9.56. The molecule has 4 aromatic carbocycles. The van der Waals surface area contributed by atoms with Crippen LogP contribution in [0.2, 0.25) is 0 Å². The van der Waals surface area contributed by atoms with Crippen molar-refractivity contribution in [2.45, 2.75) is 74.9 Å². The Morgan fingerprint density at radius 1 is 0.536 bits per heavy atom. The minimum Gasteiger partial charge on any atom is -0.490 e. The van der Waals surface area contributed by atoms with E-state index in [2.05, 4.69) is 42.1 Å². The molecule has 2 atom stereocenters. The van der Waals surface area contributed by atoms with E-state index >= 15 is 0 Å². The van der Waals surface area contributed by atoms with Gasteiger partial charge in [0.25, 0.3) is 0 Å². The first-order chi connectivity index (χ1) is 40.6. The third-order valence-electron chi connectivity index (χ3n) is 13.2. The molecule has 6 rings (SSSR count). The summed E-state index contributed by atoms with van der Waals surface area (Å²) in [4.78, 5) is 100. The van der Waals surface area contributed by atoms with Crippen molar-refractivity contribution >= 4 is 71.8 Å². The SMILES string of the molecule is C=CC(=O)OCC(COc1ccc(OC(=O)C2CCC(C(=O)OCCc3ccc(OC(=O)C4CCC(C(=O)Oc5ccc(OCC(COC(=O)C=C)OC(=O)C=C)cc5)CC4)c(N=NNc4ccc(C#N)cc4)c3S)CC2)cc1)OC(=O)C=C. The molecule has 0 aromatic heterocycles. The summed E-state index contributed by atoms with van der Waals surface area (Å²) in [6.07, 6.45) is 5.21. The molecule has 4 aromatic rings. The molecule has 2 aliphatic carbocycles. The van der Waals surface area contributed by atoms with Crippen LogP contribution in [0.3, 0.4) is 0 Å². The zero-order valence-electron chi connectivity index (χ0n) is 45.7. The molecule has 22 nitrogen and oxygen atoms in total. The maximum atomic E-state index is 13.7. The van der Waals surface area contributed by atoms with Gasteiger partial charge in [-0.2, -0.15) is 5.26 Å². The van der Waals surface area contributed by atoms with Crippen LogP contribution in [-0.4, -0.2) is 93.0 Å². The lowest BCUT2D eigenvalue weighted by Gasteiger charge is -2.26. The number of esters is 8. The van der Waals surface area contributed by atoms with E-state index < -0.39 is 83.6 Å². The lowest BCUT2D eigenvalue weighted by Crippen LogP contribution is -2.30. The standard InChI is InChI=1S/C61H62N4O18S/c1-5-52(66)77-36-49(79-54(68)7-3)34-75-45-22-26-47(27-23-45)81-59(71)41-13-11-40(12-14-41)58(70)74-32-31-39-19-30-51(56(57(39)84)64-65-63-44-20-9-38(33-62)10-21-44)83-61(73)43-17-15-42(16-18-43)60(72)82-48-28-24-46(25-29-48)76-35-50(80-55(69)8-4)37-78-53(67)6-2/h5-10,19-30,40-43,49-50,84H,1-4,11-18,31-32,34-37H2,(H,63,64). The topological polar surface area (TPSA) is 289 Å². The molecule has 0 spiro atoms. The second kappa shape index (κ2) is 32.8. The van der Waals surface area contributed by atoms with Gasteiger partial charge >= 0.3 is 47.8 Å². The molecule has 2 aliphatic rings. The van der Waals surface area contributed by atoms with E-state index in [1.165, 1.54) is 12.1 Å². The fourth-order valence-corrected chi connectivity index (χ4v) is 8.89. The molecule has 0 bridgehead atoms.